The summed E-state index contributed by atoms with van der Waals surface area (Å²) in [5.41, 5.74) is 10.5. The summed E-state index contributed by atoms with van der Waals surface area (Å²) in [7, 11) is -2.75. The molecule has 4 rings (SSSR count). The van der Waals surface area contributed by atoms with Crippen molar-refractivity contribution in [3.63, 3.8) is 0 Å². The number of unbranched alkanes of at least 4 members (excludes halogenated alkanes) is 1. The molecular formula is C45H64Si. The minimum Gasteiger partial charge on any atom is -0.0805 e. The lowest BCUT2D eigenvalue weighted by Gasteiger charge is -2.39. The molecule has 3 aromatic carbocycles. The Labute approximate surface area is 284 Å². The van der Waals surface area contributed by atoms with Gasteiger partial charge in [-0.1, -0.05) is 174 Å². The van der Waals surface area contributed by atoms with Crippen molar-refractivity contribution in [2.75, 3.05) is 0 Å². The maximum absolute atomic E-state index is 2.75. The molecule has 0 N–H and O–H groups in total. The monoisotopic (exact) mass is 632 g/mol. The van der Waals surface area contributed by atoms with E-state index in [0.717, 1.165) is 6.42 Å². The Morgan fingerprint density at radius 2 is 0.783 bits per heavy atom. The molecule has 0 fully saturated rings. The molecule has 0 unspecified atom stereocenters. The highest BCUT2D eigenvalue weighted by Gasteiger charge is 2.46. The van der Waals surface area contributed by atoms with Crippen LogP contribution in [0, 0.1) is 0 Å². The fourth-order valence-corrected chi connectivity index (χ4v) is 12.7. The third-order valence-corrected chi connectivity index (χ3v) is 15.4. The van der Waals surface area contributed by atoms with Crippen molar-refractivity contribution in [3.05, 3.63) is 111 Å². The molecular weight excluding hydrogens is 569 g/mol. The molecule has 3 aromatic rings. The van der Waals surface area contributed by atoms with Gasteiger partial charge in [-0.25, -0.2) is 0 Å². The van der Waals surface area contributed by atoms with Gasteiger partial charge in [0.25, 0.3) is 0 Å². The molecule has 0 radical (unpaired) electrons. The Hall–Kier alpha value is -2.64. The zero-order chi connectivity index (χ0) is 33.9. The van der Waals surface area contributed by atoms with Gasteiger partial charge in [0.15, 0.2) is 8.07 Å². The minimum atomic E-state index is -2.75. The van der Waals surface area contributed by atoms with Crippen LogP contribution in [0.4, 0.5) is 0 Å². The average Bonchev–Trinajstić information content (AvgIpc) is 3.48. The van der Waals surface area contributed by atoms with E-state index in [-0.39, 0.29) is 0 Å². The van der Waals surface area contributed by atoms with Crippen LogP contribution in [0.15, 0.2) is 77.5 Å². The molecule has 1 aliphatic rings. The summed E-state index contributed by atoms with van der Waals surface area (Å²) in [6.07, 6.45) is 9.68. The fraction of sp³-hybridized carbons (Fsp3) is 0.511. The van der Waals surface area contributed by atoms with E-state index in [4.69, 9.17) is 0 Å². The summed E-state index contributed by atoms with van der Waals surface area (Å²) >= 11 is 0. The van der Waals surface area contributed by atoms with Gasteiger partial charge < -0.3 is 0 Å². The van der Waals surface area contributed by atoms with Gasteiger partial charge in [0.05, 0.1) is 0 Å². The van der Waals surface area contributed by atoms with Crippen molar-refractivity contribution < 1.29 is 0 Å². The van der Waals surface area contributed by atoms with Crippen molar-refractivity contribution in [2.45, 2.75) is 151 Å². The molecule has 0 aliphatic heterocycles. The molecule has 0 nitrogen and oxygen atoms in total. The van der Waals surface area contributed by atoms with E-state index in [1.165, 1.54) is 52.6 Å². The van der Waals surface area contributed by atoms with E-state index in [0.29, 0.717) is 35.5 Å². The van der Waals surface area contributed by atoms with Crippen LogP contribution in [0.25, 0.3) is 0 Å². The molecule has 0 saturated carbocycles. The van der Waals surface area contributed by atoms with Gasteiger partial charge in [0, 0.05) is 0 Å². The normalized spacial score (nSPS) is 14.1. The standard InChI is InChI=1S/C45H64Si/c1-14-15-17-35-18-16-19-45(35)46(42-23-36(29(2)3)20-37(24-42)30(4)5,43-25-38(31(6)7)21-39(26-43)32(8)9)44-27-40(33(10)11)22-41(28-44)34(12)13/h16,18,20-34H,14-15,17,19H2,1-13H3. The molecule has 0 spiro atoms. The van der Waals surface area contributed by atoms with Gasteiger partial charge >= 0.3 is 0 Å². The van der Waals surface area contributed by atoms with Gasteiger partial charge in [-0.15, -0.1) is 0 Å². The Kier molecular flexibility index (Phi) is 11.9. The molecule has 0 heterocycles. The highest BCUT2D eigenvalue weighted by atomic mass is 28.3. The lowest BCUT2D eigenvalue weighted by molar-refractivity contribution is 0.797. The van der Waals surface area contributed by atoms with E-state index in [1.54, 1.807) is 26.3 Å². The average molecular weight is 633 g/mol. The summed E-state index contributed by atoms with van der Waals surface area (Å²) in [4.78, 5) is 0. The summed E-state index contributed by atoms with van der Waals surface area (Å²) in [5, 5.41) is 6.48. The van der Waals surface area contributed by atoms with Crippen molar-refractivity contribution in [2.24, 2.45) is 0 Å². The van der Waals surface area contributed by atoms with Crippen LogP contribution in [-0.2, 0) is 0 Å². The Morgan fingerprint density at radius 3 is 1.04 bits per heavy atom. The summed E-state index contributed by atoms with van der Waals surface area (Å²) in [6.45, 7) is 30.9. The molecule has 1 aliphatic carbocycles. The predicted octanol–water partition coefficient (Wildman–Crippen LogP) is 11.9. The van der Waals surface area contributed by atoms with Crippen LogP contribution < -0.4 is 15.6 Å². The minimum absolute atomic E-state index is 0.473. The fourth-order valence-electron chi connectivity index (χ4n) is 7.25. The Bertz CT molecular complexity index is 1320. The van der Waals surface area contributed by atoms with E-state index in [9.17, 15) is 0 Å². The number of allylic oxidation sites excluding steroid dienone is 4. The predicted molar refractivity (Wildman–Crippen MR) is 209 cm³/mol. The summed E-state index contributed by atoms with van der Waals surface area (Å²) in [6, 6.07) is 23.4. The highest BCUT2D eigenvalue weighted by Crippen LogP contribution is 2.35. The van der Waals surface area contributed by atoms with Crippen LogP contribution in [-0.4, -0.2) is 8.07 Å². The van der Waals surface area contributed by atoms with Crippen LogP contribution in [0.2, 0.25) is 0 Å². The van der Waals surface area contributed by atoms with Crippen molar-refractivity contribution in [1.29, 1.82) is 0 Å². The van der Waals surface area contributed by atoms with Gasteiger partial charge in [-0.2, -0.15) is 0 Å². The number of hydrogen-bond donors (Lipinski definition) is 0. The van der Waals surface area contributed by atoms with Crippen LogP contribution in [0.3, 0.4) is 0 Å². The van der Waals surface area contributed by atoms with Crippen molar-refractivity contribution in [1.82, 2.24) is 0 Å². The first kappa shape index (κ1) is 36.2. The maximum atomic E-state index is 2.65. The van der Waals surface area contributed by atoms with Gasteiger partial charge in [0.1, 0.15) is 0 Å². The lowest BCUT2D eigenvalue weighted by Crippen LogP contribution is -2.69. The zero-order valence-electron chi connectivity index (χ0n) is 31.6. The van der Waals surface area contributed by atoms with Gasteiger partial charge in [-0.3, -0.25) is 0 Å². The molecule has 0 saturated heterocycles. The van der Waals surface area contributed by atoms with Crippen LogP contribution in [0.5, 0.6) is 0 Å². The Balaban J connectivity index is 2.35. The quantitative estimate of drug-likeness (QED) is 0.130. The lowest BCUT2D eigenvalue weighted by atomic mass is 9.95. The summed E-state index contributed by atoms with van der Waals surface area (Å²) in [5.74, 6) is 2.84. The topological polar surface area (TPSA) is 0 Å². The highest BCUT2D eigenvalue weighted by molar-refractivity contribution is 7.16. The van der Waals surface area contributed by atoms with Crippen LogP contribution >= 0.6 is 0 Å². The molecule has 248 valence electrons. The second kappa shape index (κ2) is 15.1. The number of hydrogen-bond acceptors (Lipinski definition) is 0. The summed E-state index contributed by atoms with van der Waals surface area (Å²) < 4.78 is 0. The molecule has 46 heavy (non-hydrogen) atoms. The molecule has 0 atom stereocenters. The zero-order valence-corrected chi connectivity index (χ0v) is 32.6. The smallest absolute Gasteiger partial charge is 0.0805 e. The third kappa shape index (κ3) is 7.41. The SMILES string of the molecule is CCCCC1=C([Si](c2cc(C(C)C)cc(C(C)C)c2)(c2cc(C(C)C)cc(C(C)C)c2)c2cc(C(C)C)cc(C(C)C)c2)CC=C1. The maximum Gasteiger partial charge on any atom is 0.176 e. The van der Waals surface area contributed by atoms with Crippen molar-refractivity contribution >= 4 is 23.6 Å². The largest absolute Gasteiger partial charge is 0.176 e. The molecule has 0 amide bonds. The van der Waals surface area contributed by atoms with E-state index >= 15 is 0 Å². The Morgan fingerprint density at radius 1 is 0.478 bits per heavy atom. The van der Waals surface area contributed by atoms with Crippen molar-refractivity contribution in [3.8, 4) is 0 Å². The molecule has 0 bridgehead atoms. The van der Waals surface area contributed by atoms with E-state index in [2.05, 4.69) is 157 Å². The second-order valence-electron chi connectivity index (χ2n) is 16.1. The first-order valence-corrected chi connectivity index (χ1v) is 20.6. The van der Waals surface area contributed by atoms with Gasteiger partial charge in [0.2, 0.25) is 0 Å². The number of benzene rings is 3. The first-order chi connectivity index (χ1) is 21.7. The van der Waals surface area contributed by atoms with Gasteiger partial charge in [-0.05, 0) is 104 Å². The number of rotatable bonds is 13. The third-order valence-electron chi connectivity index (χ3n) is 10.5. The molecule has 0 aromatic heterocycles. The first-order valence-electron chi connectivity index (χ1n) is 18.6. The van der Waals surface area contributed by atoms with E-state index in [1.807, 2.05) is 0 Å². The molecule has 1 heteroatoms. The van der Waals surface area contributed by atoms with Crippen LogP contribution in [0.1, 0.15) is 185 Å². The van der Waals surface area contributed by atoms with E-state index < -0.39 is 8.07 Å². The second-order valence-corrected chi connectivity index (χ2v) is 19.9.